The predicted octanol–water partition coefficient (Wildman–Crippen LogP) is -2.10. The number of aryl methyl sites for hydroxylation is 1. The first-order valence-electron chi connectivity index (χ1n) is 9.90. The van der Waals surface area contributed by atoms with Crippen LogP contribution >= 0.6 is 7.60 Å². The molecule has 1 fully saturated rings. The summed E-state index contributed by atoms with van der Waals surface area (Å²) in [6.07, 6.45) is -5.75. The first-order chi connectivity index (χ1) is 15.9. The Morgan fingerprint density at radius 2 is 1.79 bits per heavy atom. The van der Waals surface area contributed by atoms with Crippen LogP contribution in [0.4, 0.5) is 5.69 Å². The lowest BCUT2D eigenvalue weighted by Gasteiger charge is -2.17. The summed E-state index contributed by atoms with van der Waals surface area (Å²) in [5.41, 5.74) is -0.708. The van der Waals surface area contributed by atoms with Gasteiger partial charge in [0.1, 0.15) is 12.2 Å². The van der Waals surface area contributed by atoms with Crippen molar-refractivity contribution in [3.63, 3.8) is 0 Å². The third-order valence-electron chi connectivity index (χ3n) is 4.97. The molecule has 1 aromatic carbocycles. The van der Waals surface area contributed by atoms with Crippen molar-refractivity contribution in [2.45, 2.75) is 37.6 Å². The van der Waals surface area contributed by atoms with Gasteiger partial charge in [-0.15, -0.1) is 0 Å². The molecule has 1 aliphatic rings. The largest absolute Gasteiger partial charge is 0.387 e. The zero-order valence-electron chi connectivity index (χ0n) is 17.7. The maximum Gasteiger partial charge on any atom is 0.330 e. The second kappa shape index (κ2) is 10.0. The van der Waals surface area contributed by atoms with Crippen molar-refractivity contribution < 1.29 is 38.9 Å². The number of hydrogen-bond donors (Lipinski definition) is 7. The average Bonchev–Trinajstić information content (AvgIpc) is 3.04. The summed E-state index contributed by atoms with van der Waals surface area (Å²) in [6, 6.07) is 5.72. The predicted molar refractivity (Wildman–Crippen MR) is 116 cm³/mol. The van der Waals surface area contributed by atoms with Crippen molar-refractivity contribution in [2.24, 2.45) is 0 Å². The molecule has 2 heterocycles. The van der Waals surface area contributed by atoms with Crippen LogP contribution in [-0.2, 0) is 25.1 Å². The topological polar surface area (TPSA) is 220 Å². The van der Waals surface area contributed by atoms with Crippen LogP contribution in [0.1, 0.15) is 17.4 Å². The highest BCUT2D eigenvalue weighted by Crippen LogP contribution is 2.39. The summed E-state index contributed by atoms with van der Waals surface area (Å²) in [4.78, 5) is 68.1. The summed E-state index contributed by atoms with van der Waals surface area (Å²) in [5, 5.41) is 25.2. The summed E-state index contributed by atoms with van der Waals surface area (Å²) in [6.45, 7) is 0.897. The van der Waals surface area contributed by atoms with E-state index in [1.807, 2.05) is 4.98 Å². The molecule has 2 aromatic rings. The highest BCUT2D eigenvalue weighted by molar-refractivity contribution is 7.50. The van der Waals surface area contributed by atoms with Gasteiger partial charge in [-0.3, -0.25) is 28.5 Å². The van der Waals surface area contributed by atoms with Gasteiger partial charge in [0.2, 0.25) is 5.91 Å². The fraction of sp³-hybridized carbons (Fsp3) is 0.368. The highest BCUT2D eigenvalue weighted by Gasteiger charge is 2.47. The molecule has 34 heavy (non-hydrogen) atoms. The normalized spacial score (nSPS) is 22.4. The van der Waals surface area contributed by atoms with E-state index in [4.69, 9.17) is 14.5 Å². The first kappa shape index (κ1) is 25.5. The Kier molecular flexibility index (Phi) is 7.51. The summed E-state index contributed by atoms with van der Waals surface area (Å²) in [5.74, 6) is -1.57. The number of carbonyl (C=O) groups excluding carboxylic acids is 2. The van der Waals surface area contributed by atoms with E-state index in [2.05, 4.69) is 10.6 Å². The average molecular weight is 498 g/mol. The van der Waals surface area contributed by atoms with E-state index < -0.39 is 67.9 Å². The van der Waals surface area contributed by atoms with Crippen molar-refractivity contribution >= 4 is 25.1 Å². The molecule has 0 unspecified atom stereocenters. The van der Waals surface area contributed by atoms with Crippen LogP contribution in [0.2, 0.25) is 0 Å². The van der Waals surface area contributed by atoms with Gasteiger partial charge < -0.3 is 35.4 Å². The van der Waals surface area contributed by atoms with E-state index >= 15 is 0 Å². The minimum atomic E-state index is -4.22. The SMILES string of the molecule is Cc1cn([C@@H]2O[C@H](C(=O)NCC(=O)Nc3ccc(CP(=O)(O)O)cc3)[C@H](O)[C@@H]2O)c(=O)[nH]c1=O. The van der Waals surface area contributed by atoms with Crippen molar-refractivity contribution in [2.75, 3.05) is 11.9 Å². The monoisotopic (exact) mass is 498 g/mol. The van der Waals surface area contributed by atoms with Crippen molar-refractivity contribution in [1.82, 2.24) is 14.9 Å². The Balaban J connectivity index is 1.58. The molecule has 0 aliphatic carbocycles. The first-order valence-corrected chi connectivity index (χ1v) is 11.7. The van der Waals surface area contributed by atoms with Gasteiger partial charge >= 0.3 is 13.3 Å². The molecule has 1 aliphatic heterocycles. The van der Waals surface area contributed by atoms with Gasteiger partial charge in [-0.2, -0.15) is 0 Å². The quantitative estimate of drug-likeness (QED) is 0.206. The number of nitrogens with zero attached hydrogens (tertiary/aromatic N) is 1. The van der Waals surface area contributed by atoms with Gasteiger partial charge in [-0.25, -0.2) is 4.79 Å². The molecule has 0 radical (unpaired) electrons. The summed E-state index contributed by atoms with van der Waals surface area (Å²) in [7, 11) is -4.22. The fourth-order valence-corrected chi connectivity index (χ4v) is 3.97. The lowest BCUT2D eigenvalue weighted by atomic mass is 10.1. The number of aliphatic hydroxyl groups is 2. The van der Waals surface area contributed by atoms with E-state index in [9.17, 15) is 34.0 Å². The third-order valence-corrected chi connectivity index (χ3v) is 5.74. The standard InChI is InChI=1S/C19H23N4O10P/c1-9-7-23(19(29)22-16(9)27)18-14(26)13(25)15(33-18)17(28)20-6-12(24)21-11-4-2-10(3-5-11)8-34(30,31)32/h2-5,7,13-15,18,25-26H,6,8H2,1H3,(H,20,28)(H,21,24)(H,22,27,29)(H2,30,31,32)/t13-,14+,15+,18-/m1/s1. The number of hydrogen-bond acceptors (Lipinski definition) is 8. The zero-order valence-corrected chi connectivity index (χ0v) is 18.6. The molecular formula is C19H23N4O10P. The highest BCUT2D eigenvalue weighted by atomic mass is 31.2. The van der Waals surface area contributed by atoms with Crippen LogP contribution in [0.5, 0.6) is 0 Å². The molecule has 4 atom stereocenters. The lowest BCUT2D eigenvalue weighted by Crippen LogP contribution is -2.45. The van der Waals surface area contributed by atoms with Crippen LogP contribution in [0.25, 0.3) is 0 Å². The second-order valence-corrected chi connectivity index (χ2v) is 9.34. The molecule has 0 bridgehead atoms. The number of anilines is 1. The number of benzene rings is 1. The number of ether oxygens (including phenoxy) is 1. The molecule has 184 valence electrons. The Hall–Kier alpha value is -3.13. The molecule has 3 rings (SSSR count). The summed E-state index contributed by atoms with van der Waals surface area (Å²) < 4.78 is 17.2. The Morgan fingerprint density at radius 1 is 1.15 bits per heavy atom. The minimum Gasteiger partial charge on any atom is -0.387 e. The molecule has 0 saturated carbocycles. The molecule has 7 N–H and O–H groups in total. The van der Waals surface area contributed by atoms with Gasteiger partial charge in [0.15, 0.2) is 12.3 Å². The van der Waals surface area contributed by atoms with E-state index in [0.717, 1.165) is 10.8 Å². The van der Waals surface area contributed by atoms with Crippen molar-refractivity contribution in [1.29, 1.82) is 0 Å². The van der Waals surface area contributed by atoms with E-state index in [1.54, 1.807) is 0 Å². The molecule has 1 saturated heterocycles. The van der Waals surface area contributed by atoms with Crippen molar-refractivity contribution in [3.05, 3.63) is 62.4 Å². The number of H-pyrrole nitrogens is 1. The van der Waals surface area contributed by atoms with E-state index in [1.165, 1.54) is 31.2 Å². The van der Waals surface area contributed by atoms with Crippen LogP contribution < -0.4 is 21.9 Å². The van der Waals surface area contributed by atoms with Gasteiger partial charge in [0.25, 0.3) is 11.5 Å². The van der Waals surface area contributed by atoms with Crippen LogP contribution in [0.15, 0.2) is 40.1 Å². The van der Waals surface area contributed by atoms with Crippen LogP contribution in [0.3, 0.4) is 0 Å². The van der Waals surface area contributed by atoms with Gasteiger partial charge in [-0.1, -0.05) is 12.1 Å². The van der Waals surface area contributed by atoms with Gasteiger partial charge in [0.05, 0.1) is 12.7 Å². The maximum absolute atomic E-state index is 12.4. The fourth-order valence-electron chi connectivity index (χ4n) is 3.29. The van der Waals surface area contributed by atoms with E-state index in [-0.39, 0.29) is 5.56 Å². The number of aliphatic hydroxyl groups excluding tert-OH is 2. The molecule has 2 amide bonds. The number of rotatable bonds is 7. The van der Waals surface area contributed by atoms with E-state index in [0.29, 0.717) is 11.3 Å². The number of aromatic amines is 1. The van der Waals surface area contributed by atoms with Gasteiger partial charge in [0, 0.05) is 17.4 Å². The molecule has 0 spiro atoms. The Bertz CT molecular complexity index is 1230. The molecular weight excluding hydrogens is 475 g/mol. The third kappa shape index (κ3) is 6.05. The minimum absolute atomic E-state index is 0.143. The zero-order chi connectivity index (χ0) is 25.2. The molecule has 15 heteroatoms. The molecule has 14 nitrogen and oxygen atoms in total. The maximum atomic E-state index is 12.4. The van der Waals surface area contributed by atoms with Crippen LogP contribution in [0, 0.1) is 6.92 Å². The van der Waals surface area contributed by atoms with Crippen molar-refractivity contribution in [3.8, 4) is 0 Å². The number of aromatic nitrogens is 2. The van der Waals surface area contributed by atoms with Crippen LogP contribution in [-0.4, -0.2) is 66.2 Å². The summed E-state index contributed by atoms with van der Waals surface area (Å²) >= 11 is 0. The van der Waals surface area contributed by atoms with Gasteiger partial charge in [-0.05, 0) is 24.6 Å². The molecule has 1 aromatic heterocycles. The number of nitrogens with one attached hydrogen (secondary N) is 3. The number of amides is 2. The smallest absolute Gasteiger partial charge is 0.330 e. The number of carbonyl (C=O) groups is 2. The lowest BCUT2D eigenvalue weighted by molar-refractivity contribution is -0.138. The second-order valence-electron chi connectivity index (χ2n) is 7.69. The Labute approximate surface area is 191 Å². The Morgan fingerprint density at radius 3 is 2.41 bits per heavy atom.